The highest BCUT2D eigenvalue weighted by atomic mass is 16.5. The zero-order valence-corrected chi connectivity index (χ0v) is 11.0. The van der Waals surface area contributed by atoms with Gasteiger partial charge in [-0.15, -0.1) is 0 Å². The fraction of sp³-hybridized carbons (Fsp3) is 1.00. The number of hydrogen-bond donors (Lipinski definition) is 3. The van der Waals surface area contributed by atoms with Gasteiger partial charge >= 0.3 is 0 Å². The molecule has 1 atom stereocenters. The second kappa shape index (κ2) is 8.03. The first kappa shape index (κ1) is 14.9. The fourth-order valence-corrected chi connectivity index (χ4v) is 2.30. The summed E-state index contributed by atoms with van der Waals surface area (Å²) >= 11 is 0. The van der Waals surface area contributed by atoms with Crippen LogP contribution in [-0.2, 0) is 4.74 Å². The van der Waals surface area contributed by atoms with Gasteiger partial charge in [0, 0.05) is 18.7 Å². The molecular formula is C13H27NO3. The predicted molar refractivity (Wildman–Crippen MR) is 68.0 cm³/mol. The maximum atomic E-state index is 9.75. The molecule has 1 rings (SSSR count). The van der Waals surface area contributed by atoms with Crippen LogP contribution in [0.2, 0.25) is 0 Å². The second-order valence-corrected chi connectivity index (χ2v) is 5.11. The molecule has 1 aliphatic rings. The van der Waals surface area contributed by atoms with Crippen molar-refractivity contribution in [2.45, 2.75) is 57.1 Å². The Morgan fingerprint density at radius 1 is 1.35 bits per heavy atom. The molecular weight excluding hydrogens is 218 g/mol. The number of aliphatic hydroxyl groups excluding tert-OH is 2. The van der Waals surface area contributed by atoms with Crippen molar-refractivity contribution >= 4 is 0 Å². The highest BCUT2D eigenvalue weighted by molar-refractivity contribution is 4.92. The van der Waals surface area contributed by atoms with E-state index < -0.39 is 6.10 Å². The highest BCUT2D eigenvalue weighted by Gasteiger charge is 2.32. The van der Waals surface area contributed by atoms with Crippen LogP contribution in [0, 0.1) is 0 Å². The monoisotopic (exact) mass is 245 g/mol. The molecule has 1 aliphatic carbocycles. The van der Waals surface area contributed by atoms with E-state index in [-0.39, 0.29) is 12.1 Å². The van der Waals surface area contributed by atoms with Gasteiger partial charge in [-0.1, -0.05) is 26.2 Å². The van der Waals surface area contributed by atoms with Gasteiger partial charge in [-0.25, -0.2) is 0 Å². The lowest BCUT2D eigenvalue weighted by Gasteiger charge is -2.29. The molecule has 102 valence electrons. The van der Waals surface area contributed by atoms with Crippen LogP contribution in [0.15, 0.2) is 0 Å². The summed E-state index contributed by atoms with van der Waals surface area (Å²) in [5, 5.41) is 22.5. The molecule has 0 bridgehead atoms. The molecule has 1 fully saturated rings. The van der Waals surface area contributed by atoms with Crippen molar-refractivity contribution < 1.29 is 14.9 Å². The topological polar surface area (TPSA) is 61.7 Å². The second-order valence-electron chi connectivity index (χ2n) is 5.11. The Kier molecular flexibility index (Phi) is 7.04. The van der Waals surface area contributed by atoms with Crippen LogP contribution >= 0.6 is 0 Å². The van der Waals surface area contributed by atoms with Crippen LogP contribution in [0.25, 0.3) is 0 Å². The quantitative estimate of drug-likeness (QED) is 0.532. The number of hydrogen-bond acceptors (Lipinski definition) is 4. The number of aliphatic hydroxyl groups is 2. The lowest BCUT2D eigenvalue weighted by atomic mass is 9.99. The first-order valence-electron chi connectivity index (χ1n) is 6.84. The van der Waals surface area contributed by atoms with E-state index in [1.54, 1.807) is 0 Å². The third kappa shape index (κ3) is 5.34. The minimum absolute atomic E-state index is 0.148. The van der Waals surface area contributed by atoms with Gasteiger partial charge in [0.05, 0.1) is 19.3 Å². The summed E-state index contributed by atoms with van der Waals surface area (Å²) in [4.78, 5) is 0. The molecule has 0 amide bonds. The summed E-state index contributed by atoms with van der Waals surface area (Å²) in [5.41, 5.74) is -0.148. The summed E-state index contributed by atoms with van der Waals surface area (Å²) in [5.74, 6) is 0. The van der Waals surface area contributed by atoms with E-state index in [2.05, 4.69) is 12.2 Å². The Bertz CT molecular complexity index is 193. The third-order valence-electron chi connectivity index (χ3n) is 3.53. The molecule has 0 aliphatic heterocycles. The molecule has 4 nitrogen and oxygen atoms in total. The van der Waals surface area contributed by atoms with E-state index in [4.69, 9.17) is 4.74 Å². The molecule has 1 saturated carbocycles. The van der Waals surface area contributed by atoms with Crippen molar-refractivity contribution in [3.8, 4) is 0 Å². The summed E-state index contributed by atoms with van der Waals surface area (Å²) in [7, 11) is 0. The molecule has 1 unspecified atom stereocenters. The van der Waals surface area contributed by atoms with Crippen LogP contribution in [0.3, 0.4) is 0 Å². The average molecular weight is 245 g/mol. The van der Waals surface area contributed by atoms with Crippen LogP contribution in [0.4, 0.5) is 0 Å². The first-order chi connectivity index (χ1) is 8.22. The van der Waals surface area contributed by atoms with Crippen LogP contribution in [0.5, 0.6) is 0 Å². The molecule has 17 heavy (non-hydrogen) atoms. The number of β-amino-alcohol motifs (C(OH)–C–C–N with tert-alkyl or cyclic N) is 1. The SMILES string of the molecule is CCCCOCC(O)CNC1(CO)CCCC1. The highest BCUT2D eigenvalue weighted by Crippen LogP contribution is 2.28. The van der Waals surface area contributed by atoms with Crippen molar-refractivity contribution in [2.75, 3.05) is 26.4 Å². The van der Waals surface area contributed by atoms with Gasteiger partial charge in [0.25, 0.3) is 0 Å². The Morgan fingerprint density at radius 3 is 2.65 bits per heavy atom. The lowest BCUT2D eigenvalue weighted by molar-refractivity contribution is 0.0284. The molecule has 0 heterocycles. The van der Waals surface area contributed by atoms with E-state index >= 15 is 0 Å². The molecule has 0 aromatic heterocycles. The molecule has 0 radical (unpaired) electrons. The van der Waals surface area contributed by atoms with E-state index in [0.29, 0.717) is 13.2 Å². The molecule has 4 heteroatoms. The van der Waals surface area contributed by atoms with Gasteiger partial charge < -0.3 is 20.3 Å². The average Bonchev–Trinajstić information content (AvgIpc) is 2.82. The van der Waals surface area contributed by atoms with Crippen LogP contribution < -0.4 is 5.32 Å². The molecule has 0 aromatic rings. The minimum Gasteiger partial charge on any atom is -0.394 e. The van der Waals surface area contributed by atoms with Crippen LogP contribution in [0.1, 0.15) is 45.4 Å². The van der Waals surface area contributed by atoms with Crippen molar-refractivity contribution in [3.05, 3.63) is 0 Å². The van der Waals surface area contributed by atoms with Crippen LogP contribution in [-0.4, -0.2) is 48.2 Å². The van der Waals surface area contributed by atoms with Crippen molar-refractivity contribution in [1.29, 1.82) is 0 Å². The van der Waals surface area contributed by atoms with E-state index in [0.717, 1.165) is 45.1 Å². The molecule has 0 saturated heterocycles. The molecule has 3 N–H and O–H groups in total. The largest absolute Gasteiger partial charge is 0.394 e. The van der Waals surface area contributed by atoms with Gasteiger partial charge in [0.15, 0.2) is 0 Å². The van der Waals surface area contributed by atoms with Gasteiger partial charge in [-0.3, -0.25) is 0 Å². The third-order valence-corrected chi connectivity index (χ3v) is 3.53. The van der Waals surface area contributed by atoms with Crippen molar-refractivity contribution in [3.63, 3.8) is 0 Å². The number of ether oxygens (including phenoxy) is 1. The van der Waals surface area contributed by atoms with Gasteiger partial charge in [-0.05, 0) is 19.3 Å². The van der Waals surface area contributed by atoms with Gasteiger partial charge in [0.2, 0.25) is 0 Å². The normalized spacial score (nSPS) is 20.6. The van der Waals surface area contributed by atoms with Crippen molar-refractivity contribution in [1.82, 2.24) is 5.32 Å². The Labute approximate surface area is 104 Å². The van der Waals surface area contributed by atoms with E-state index in [1.807, 2.05) is 0 Å². The summed E-state index contributed by atoms with van der Waals surface area (Å²) < 4.78 is 5.37. The number of nitrogens with one attached hydrogen (secondary N) is 1. The molecule has 0 spiro atoms. The van der Waals surface area contributed by atoms with E-state index in [9.17, 15) is 10.2 Å². The Hall–Kier alpha value is -0.160. The summed E-state index contributed by atoms with van der Waals surface area (Å²) in [6, 6.07) is 0. The lowest BCUT2D eigenvalue weighted by Crippen LogP contribution is -2.49. The Balaban J connectivity index is 2.11. The zero-order chi connectivity index (χ0) is 12.6. The summed E-state index contributed by atoms with van der Waals surface area (Å²) in [6.07, 6.45) is 6.02. The zero-order valence-electron chi connectivity index (χ0n) is 11.0. The Morgan fingerprint density at radius 2 is 2.06 bits per heavy atom. The predicted octanol–water partition coefficient (Wildman–Crippen LogP) is 1.06. The van der Waals surface area contributed by atoms with Gasteiger partial charge in [-0.2, -0.15) is 0 Å². The first-order valence-corrected chi connectivity index (χ1v) is 6.84. The smallest absolute Gasteiger partial charge is 0.0897 e. The minimum atomic E-state index is -0.476. The maximum Gasteiger partial charge on any atom is 0.0897 e. The van der Waals surface area contributed by atoms with Gasteiger partial charge in [0.1, 0.15) is 0 Å². The number of unbranched alkanes of at least 4 members (excludes halogenated alkanes) is 1. The van der Waals surface area contributed by atoms with E-state index in [1.165, 1.54) is 0 Å². The summed E-state index contributed by atoms with van der Waals surface area (Å²) in [6.45, 7) is 3.89. The maximum absolute atomic E-state index is 9.75. The standard InChI is InChI=1S/C13H27NO3/c1-2-3-8-17-10-12(16)9-14-13(11-15)6-4-5-7-13/h12,14-16H,2-11H2,1H3. The number of rotatable bonds is 9. The van der Waals surface area contributed by atoms with Crippen molar-refractivity contribution in [2.24, 2.45) is 0 Å². The fourth-order valence-electron chi connectivity index (χ4n) is 2.30. The molecule has 0 aromatic carbocycles.